The van der Waals surface area contributed by atoms with Gasteiger partial charge in [0.1, 0.15) is 18.1 Å². The molecule has 1 heterocycles. The van der Waals surface area contributed by atoms with Gasteiger partial charge in [0.15, 0.2) is 17.2 Å². The number of esters is 1. The predicted molar refractivity (Wildman–Crippen MR) is 135 cm³/mol. The molecular weight excluding hydrogens is 622 g/mol. The van der Waals surface area contributed by atoms with E-state index in [1.807, 2.05) is 41.5 Å². The van der Waals surface area contributed by atoms with E-state index in [1.165, 1.54) is 7.11 Å². The number of amides is 1. The van der Waals surface area contributed by atoms with Crippen LogP contribution >= 0.6 is 24.4 Å². The molecule has 1 amide bonds. The van der Waals surface area contributed by atoms with E-state index in [1.54, 1.807) is 0 Å². The number of guanidine groups is 1. The Morgan fingerprint density at radius 2 is 1.72 bits per heavy atom. The molecule has 0 spiro atoms. The van der Waals surface area contributed by atoms with Gasteiger partial charge in [-0.1, -0.05) is 5.04 Å². The number of nitrogens with two attached hydrogens (primary N) is 3. The number of rotatable bonds is 8. The number of methoxy groups -OCH3 is 1. The Hall–Kier alpha value is 0.983. The summed E-state index contributed by atoms with van der Waals surface area (Å²) in [6.45, 7) is 11.8. The van der Waals surface area contributed by atoms with Gasteiger partial charge in [0.2, 0.25) is 0 Å². The molecule has 2 atom stereocenters. The molecule has 0 aliphatic carbocycles. The van der Waals surface area contributed by atoms with Crippen molar-refractivity contribution in [2.45, 2.75) is 64.8 Å². The number of nitrogens with one attached hydrogen (secondary N) is 2. The normalized spacial score (nSPS) is 14.1. The minimum absolute atomic E-state index is 0. The number of hydrogen-bond donors (Lipinski definition) is 6. The van der Waals surface area contributed by atoms with Gasteiger partial charge in [-0.15, -0.1) is 16.7 Å². The molecule has 0 aromatic rings. The molecule has 0 aromatic heterocycles. The van der Waals surface area contributed by atoms with Gasteiger partial charge in [0.25, 0.3) is 12.4 Å². The van der Waals surface area contributed by atoms with Crippen LogP contribution in [0.25, 0.3) is 0 Å². The minimum atomic E-state index is -0.686. The van der Waals surface area contributed by atoms with E-state index in [2.05, 4.69) is 29.3 Å². The van der Waals surface area contributed by atoms with Gasteiger partial charge in [-0.25, -0.2) is 10.2 Å². The van der Waals surface area contributed by atoms with Gasteiger partial charge in [0, 0.05) is 0 Å². The maximum absolute atomic E-state index is 11.1. The first-order valence-electron chi connectivity index (χ1n) is 9.90. The van der Waals surface area contributed by atoms with Crippen molar-refractivity contribution in [3.05, 3.63) is 0 Å². The van der Waals surface area contributed by atoms with Crippen LogP contribution in [0.4, 0.5) is 0 Å². The third-order valence-corrected chi connectivity index (χ3v) is 3.22. The number of carbonyl (C=O) groups excluding carboxylic acids is 3. The average molecular weight is 661 g/mol. The smallest absolute Gasteiger partial charge is 1.00 e. The summed E-state index contributed by atoms with van der Waals surface area (Å²) in [6.07, 6.45) is 0. The zero-order valence-corrected chi connectivity index (χ0v) is 31.6. The molecule has 0 aromatic carbocycles. The van der Waals surface area contributed by atoms with Gasteiger partial charge in [0.05, 0.1) is 31.5 Å². The molecule has 17 nitrogen and oxygen atoms in total. The summed E-state index contributed by atoms with van der Waals surface area (Å²) < 4.78 is 18.8. The number of ether oxygens (including phenoxy) is 3. The number of aliphatic imine (C=N–C) groups is 1. The molecule has 9 N–H and O–H groups in total. The van der Waals surface area contributed by atoms with Crippen LogP contribution in [0.1, 0.15) is 43.0 Å². The molecule has 222 valence electrons. The van der Waals surface area contributed by atoms with Crippen molar-refractivity contribution in [1.29, 1.82) is 5.41 Å². The molecule has 0 saturated heterocycles. The molecule has 1 aliphatic rings. The molecule has 0 fully saturated rings. The SMILES string of the molecule is CC(C)(C)OC[C@@H]1N=C(N)NC1=O.COC(=O)[C@@H](N)COC(C)(C)C.Cl.N=C(N)SOOO.O=CO[O-].[H-].[K+].[K+]. The van der Waals surface area contributed by atoms with E-state index in [0.717, 1.165) is 0 Å². The Kier molecular flexibility index (Phi) is 41.1. The van der Waals surface area contributed by atoms with Crippen LogP contribution in [0.15, 0.2) is 4.99 Å². The summed E-state index contributed by atoms with van der Waals surface area (Å²) in [4.78, 5) is 37.0. The fourth-order valence-corrected chi connectivity index (χ4v) is 1.63. The van der Waals surface area contributed by atoms with Gasteiger partial charge in [-0.2, -0.15) is 0 Å². The molecule has 21 heteroatoms. The fourth-order valence-electron chi connectivity index (χ4n) is 1.52. The van der Waals surface area contributed by atoms with Crippen LogP contribution in [0.2, 0.25) is 0 Å². The number of hydrogen-bond acceptors (Lipinski definition) is 16. The Morgan fingerprint density at radius 1 is 1.26 bits per heavy atom. The second-order valence-corrected chi connectivity index (χ2v) is 9.02. The number of halogens is 1. The Labute approximate surface area is 324 Å². The van der Waals surface area contributed by atoms with Gasteiger partial charge < -0.3 is 43.0 Å². The third kappa shape index (κ3) is 41.2. The zero-order chi connectivity index (χ0) is 28.9. The van der Waals surface area contributed by atoms with E-state index in [0.29, 0.717) is 12.0 Å². The summed E-state index contributed by atoms with van der Waals surface area (Å²) in [5, 5.41) is 27.5. The van der Waals surface area contributed by atoms with E-state index in [9.17, 15) is 9.59 Å². The minimum Gasteiger partial charge on any atom is -1.00 e. The van der Waals surface area contributed by atoms with E-state index >= 15 is 0 Å². The van der Waals surface area contributed by atoms with Gasteiger partial charge in [-0.3, -0.25) is 25.1 Å². The molecule has 1 rings (SSSR count). The molecule has 0 saturated carbocycles. The average Bonchev–Trinajstić information content (AvgIpc) is 3.10. The first-order valence-corrected chi connectivity index (χ1v) is 10.6. The van der Waals surface area contributed by atoms with E-state index in [-0.39, 0.29) is 165 Å². The summed E-state index contributed by atoms with van der Waals surface area (Å²) in [6, 6.07) is -1.17. The van der Waals surface area contributed by atoms with Crippen LogP contribution in [0.5, 0.6) is 0 Å². The molecule has 0 bridgehead atoms. The Morgan fingerprint density at radius 3 is 1.97 bits per heavy atom. The van der Waals surface area contributed by atoms with E-state index in [4.69, 9.17) is 47.4 Å². The zero-order valence-electron chi connectivity index (χ0n) is 24.7. The van der Waals surface area contributed by atoms with Crippen LogP contribution < -0.4 is 131 Å². The maximum atomic E-state index is 11.1. The molecule has 0 radical (unpaired) electrons. The van der Waals surface area contributed by atoms with Gasteiger partial charge in [-0.05, 0) is 41.5 Å². The monoisotopic (exact) mass is 660 g/mol. The second kappa shape index (κ2) is 30.4. The van der Waals surface area contributed by atoms with Crippen LogP contribution in [0.3, 0.4) is 0 Å². The van der Waals surface area contributed by atoms with Gasteiger partial charge >= 0.3 is 109 Å². The van der Waals surface area contributed by atoms with Crippen molar-refractivity contribution in [3.8, 4) is 0 Å². The number of amidine groups is 1. The van der Waals surface area contributed by atoms with E-state index < -0.39 is 18.1 Å². The quantitative estimate of drug-likeness (QED) is 0.0206. The van der Waals surface area contributed by atoms with Crippen LogP contribution in [-0.4, -0.2) is 78.3 Å². The Bertz CT molecular complexity index is 708. The van der Waals surface area contributed by atoms with Crippen molar-refractivity contribution in [2.75, 3.05) is 20.3 Å². The molecular formula is C18H39ClK2N6O11S. The molecule has 0 unspecified atom stereocenters. The van der Waals surface area contributed by atoms with Crippen molar-refractivity contribution in [1.82, 2.24) is 5.32 Å². The number of carbonyl (C=O) groups is 3. The standard InChI is InChI=1S/C8H15N3O2.C8H17NO3.CH4N2O3S.CH2O3.ClH.2K.H/c1-8(2,3)13-4-5-6(12)11-7(9)10-5;1-8(2,3)12-5-6(9)7(10)11-4;2-1(3)7-6-5-4;2-1-4-3;;;;/h5H,4H2,1-3H3,(H3,9,10,11,12);6H,5,9H2,1-4H3;4H,(H3,2,3);1,3H;1H;;;/q;;;;;2*+1;-1/p-1/t5-;6-;;;;;;/m00....../s1. The first-order chi connectivity index (χ1) is 16.4. The number of nitrogens with zero attached hydrogens (tertiary/aromatic N) is 1. The fraction of sp³-hybridized carbons (Fsp3) is 0.722. The van der Waals surface area contributed by atoms with Crippen LogP contribution in [-0.2, 0) is 42.9 Å². The van der Waals surface area contributed by atoms with Crippen LogP contribution in [0, 0.1) is 5.41 Å². The topological polar surface area (TPSA) is 276 Å². The summed E-state index contributed by atoms with van der Waals surface area (Å²) in [5.41, 5.74) is 14.9. The van der Waals surface area contributed by atoms with Crippen molar-refractivity contribution in [2.24, 2.45) is 22.2 Å². The Balaban J connectivity index is -0.0000000752. The molecule has 1 aliphatic heterocycles. The molecule has 39 heavy (non-hydrogen) atoms. The summed E-state index contributed by atoms with van der Waals surface area (Å²) >= 11 is 0.420. The maximum Gasteiger partial charge on any atom is 1.00 e. The van der Waals surface area contributed by atoms with Crippen molar-refractivity contribution < 1.29 is 158 Å². The predicted octanol–water partition coefficient (Wildman–Crippen LogP) is -7.16. The largest absolute Gasteiger partial charge is 1.00 e. The van der Waals surface area contributed by atoms with Crippen molar-refractivity contribution >= 4 is 53.9 Å². The summed E-state index contributed by atoms with van der Waals surface area (Å²) in [5.74, 6) is -0.464. The second-order valence-electron chi connectivity index (χ2n) is 8.28. The first kappa shape index (κ1) is 52.6. The third-order valence-electron chi connectivity index (χ3n) is 2.92. The summed E-state index contributed by atoms with van der Waals surface area (Å²) in [7, 11) is 1.30. The van der Waals surface area contributed by atoms with Crippen molar-refractivity contribution in [3.63, 3.8) is 0 Å².